The minimum atomic E-state index is -0.894. The van der Waals surface area contributed by atoms with Gasteiger partial charge in [-0.15, -0.1) is 0 Å². The van der Waals surface area contributed by atoms with Crippen molar-refractivity contribution >= 4 is 23.6 Å². The molecule has 2 aromatic rings. The molecule has 0 saturated carbocycles. The summed E-state index contributed by atoms with van der Waals surface area (Å²) in [6.07, 6.45) is 4.37. The Labute approximate surface area is 136 Å². The predicted molar refractivity (Wildman–Crippen MR) is 83.6 cm³/mol. The Hall–Kier alpha value is -2.42. The van der Waals surface area contributed by atoms with Crippen molar-refractivity contribution in [1.29, 1.82) is 0 Å². The first-order valence-electron chi connectivity index (χ1n) is 7.06. The lowest BCUT2D eigenvalue weighted by Crippen LogP contribution is -2.47. The Balaban J connectivity index is 1.77. The van der Waals surface area contributed by atoms with Crippen LogP contribution in [0.25, 0.3) is 5.82 Å². The molecule has 1 fully saturated rings. The number of carbonyl (C=O) groups excluding carboxylic acids is 1. The van der Waals surface area contributed by atoms with Gasteiger partial charge in [0.25, 0.3) is 5.91 Å². The first-order chi connectivity index (χ1) is 11.1. The molecule has 0 aliphatic carbocycles. The van der Waals surface area contributed by atoms with E-state index in [9.17, 15) is 9.59 Å². The largest absolute Gasteiger partial charge is 0.481 e. The van der Waals surface area contributed by atoms with Crippen LogP contribution in [-0.4, -0.2) is 65.7 Å². The maximum absolute atomic E-state index is 12.6. The van der Waals surface area contributed by atoms with Gasteiger partial charge >= 0.3 is 5.97 Å². The van der Waals surface area contributed by atoms with Crippen molar-refractivity contribution in [3.63, 3.8) is 0 Å². The number of thioether (sulfide) groups is 1. The summed E-state index contributed by atoms with van der Waals surface area (Å²) in [5.74, 6) is 0.939. The van der Waals surface area contributed by atoms with E-state index in [1.807, 2.05) is 0 Å². The number of amides is 1. The molecule has 23 heavy (non-hydrogen) atoms. The van der Waals surface area contributed by atoms with Gasteiger partial charge in [0.05, 0.1) is 18.0 Å². The van der Waals surface area contributed by atoms with Crippen molar-refractivity contribution in [1.82, 2.24) is 24.6 Å². The van der Waals surface area contributed by atoms with Gasteiger partial charge in [0.2, 0.25) is 0 Å². The van der Waals surface area contributed by atoms with E-state index in [0.717, 1.165) is 5.75 Å². The molecule has 0 bridgehead atoms. The smallest absolute Gasteiger partial charge is 0.305 e. The molecule has 1 N–H and O–H groups in total. The molecule has 0 spiro atoms. The SMILES string of the molecule is O=C(O)CC1CSCCN1C(=O)c1ccc(-n2cncn2)nc1. The summed E-state index contributed by atoms with van der Waals surface area (Å²) < 4.78 is 1.50. The van der Waals surface area contributed by atoms with Gasteiger partial charge in [-0.3, -0.25) is 9.59 Å². The van der Waals surface area contributed by atoms with Gasteiger partial charge in [-0.2, -0.15) is 16.9 Å². The molecule has 1 atom stereocenters. The Morgan fingerprint density at radius 1 is 1.39 bits per heavy atom. The monoisotopic (exact) mass is 333 g/mol. The van der Waals surface area contributed by atoms with E-state index in [4.69, 9.17) is 5.11 Å². The molecule has 1 saturated heterocycles. The molecular weight excluding hydrogens is 318 g/mol. The molecule has 120 valence electrons. The number of nitrogens with zero attached hydrogens (tertiary/aromatic N) is 5. The van der Waals surface area contributed by atoms with Gasteiger partial charge in [0.15, 0.2) is 5.82 Å². The lowest BCUT2D eigenvalue weighted by Gasteiger charge is -2.34. The van der Waals surface area contributed by atoms with E-state index in [1.165, 1.54) is 23.5 Å². The molecule has 1 aliphatic rings. The van der Waals surface area contributed by atoms with Crippen molar-refractivity contribution in [2.45, 2.75) is 12.5 Å². The lowest BCUT2D eigenvalue weighted by molar-refractivity contribution is -0.138. The van der Waals surface area contributed by atoms with Crippen molar-refractivity contribution in [2.75, 3.05) is 18.1 Å². The number of hydrogen-bond acceptors (Lipinski definition) is 6. The maximum Gasteiger partial charge on any atom is 0.305 e. The summed E-state index contributed by atoms with van der Waals surface area (Å²) in [4.78, 5) is 33.3. The molecule has 3 heterocycles. The van der Waals surface area contributed by atoms with Crippen LogP contribution in [0.5, 0.6) is 0 Å². The third-order valence-corrected chi connectivity index (χ3v) is 4.64. The Morgan fingerprint density at radius 3 is 2.91 bits per heavy atom. The van der Waals surface area contributed by atoms with E-state index >= 15 is 0 Å². The fraction of sp³-hybridized carbons (Fsp3) is 0.357. The highest BCUT2D eigenvalue weighted by molar-refractivity contribution is 7.99. The van der Waals surface area contributed by atoms with E-state index in [1.54, 1.807) is 28.8 Å². The molecule has 0 aromatic carbocycles. The van der Waals surface area contributed by atoms with Gasteiger partial charge in [-0.1, -0.05) is 0 Å². The number of rotatable bonds is 4. The zero-order valence-electron chi connectivity index (χ0n) is 12.2. The number of carboxylic acid groups (broad SMARTS) is 1. The molecule has 0 radical (unpaired) electrons. The number of pyridine rings is 1. The highest BCUT2D eigenvalue weighted by Gasteiger charge is 2.29. The van der Waals surface area contributed by atoms with Gasteiger partial charge in [0.1, 0.15) is 12.7 Å². The second kappa shape index (κ2) is 6.78. The molecule has 3 rings (SSSR count). The van der Waals surface area contributed by atoms with Gasteiger partial charge < -0.3 is 10.0 Å². The van der Waals surface area contributed by atoms with Crippen LogP contribution < -0.4 is 0 Å². The molecule has 1 amide bonds. The summed E-state index contributed by atoms with van der Waals surface area (Å²) >= 11 is 1.67. The Bertz CT molecular complexity index is 689. The molecule has 8 nitrogen and oxygen atoms in total. The van der Waals surface area contributed by atoms with Gasteiger partial charge in [-0.05, 0) is 12.1 Å². The van der Waals surface area contributed by atoms with E-state index in [2.05, 4.69) is 15.1 Å². The van der Waals surface area contributed by atoms with E-state index < -0.39 is 5.97 Å². The number of aromatic nitrogens is 4. The highest BCUT2D eigenvalue weighted by Crippen LogP contribution is 2.21. The average Bonchev–Trinajstić information content (AvgIpc) is 3.09. The minimum Gasteiger partial charge on any atom is -0.481 e. The zero-order valence-corrected chi connectivity index (χ0v) is 13.0. The predicted octanol–water partition coefficient (Wildman–Crippen LogP) is 0.695. The van der Waals surface area contributed by atoms with Crippen LogP contribution in [0.1, 0.15) is 16.8 Å². The number of hydrogen-bond donors (Lipinski definition) is 1. The van der Waals surface area contributed by atoms with E-state index in [-0.39, 0.29) is 18.4 Å². The first-order valence-corrected chi connectivity index (χ1v) is 8.22. The maximum atomic E-state index is 12.6. The second-order valence-corrected chi connectivity index (χ2v) is 6.22. The summed E-state index contributed by atoms with van der Waals surface area (Å²) in [5, 5.41) is 13.0. The number of carboxylic acids is 1. The van der Waals surface area contributed by atoms with Crippen LogP contribution in [0.4, 0.5) is 0 Å². The van der Waals surface area contributed by atoms with Crippen LogP contribution >= 0.6 is 11.8 Å². The van der Waals surface area contributed by atoms with Gasteiger partial charge in [0, 0.05) is 24.2 Å². The molecule has 1 aliphatic heterocycles. The molecular formula is C14H15N5O3S. The Morgan fingerprint density at radius 2 is 2.26 bits per heavy atom. The topological polar surface area (TPSA) is 101 Å². The van der Waals surface area contributed by atoms with Crippen LogP contribution in [0.3, 0.4) is 0 Å². The summed E-state index contributed by atoms with van der Waals surface area (Å²) in [6.45, 7) is 0.548. The van der Waals surface area contributed by atoms with Crippen LogP contribution in [0.2, 0.25) is 0 Å². The standard InChI is InChI=1S/C14H15N5O3S/c20-13(21)5-11-7-23-4-3-18(11)14(22)10-1-2-12(16-6-10)19-9-15-8-17-19/h1-2,6,8-9,11H,3-5,7H2,(H,20,21). The molecule has 2 aromatic heterocycles. The first kappa shape index (κ1) is 15.5. The van der Waals surface area contributed by atoms with Crippen LogP contribution in [0.15, 0.2) is 31.0 Å². The molecule has 9 heteroatoms. The quantitative estimate of drug-likeness (QED) is 0.878. The molecule has 1 unspecified atom stereocenters. The third kappa shape index (κ3) is 3.50. The normalized spacial score (nSPS) is 17.9. The number of carbonyl (C=O) groups is 2. The third-order valence-electron chi connectivity index (χ3n) is 3.55. The minimum absolute atomic E-state index is 0.0385. The van der Waals surface area contributed by atoms with Crippen LogP contribution in [-0.2, 0) is 4.79 Å². The fourth-order valence-electron chi connectivity index (χ4n) is 2.43. The van der Waals surface area contributed by atoms with Crippen molar-refractivity contribution < 1.29 is 14.7 Å². The van der Waals surface area contributed by atoms with Gasteiger partial charge in [-0.25, -0.2) is 14.6 Å². The Kier molecular flexibility index (Phi) is 4.56. The number of aliphatic carboxylic acids is 1. The summed E-state index contributed by atoms with van der Waals surface area (Å²) in [6, 6.07) is 3.08. The summed E-state index contributed by atoms with van der Waals surface area (Å²) in [5.41, 5.74) is 0.441. The highest BCUT2D eigenvalue weighted by atomic mass is 32.2. The van der Waals surface area contributed by atoms with E-state index in [0.29, 0.717) is 23.7 Å². The second-order valence-electron chi connectivity index (χ2n) is 5.07. The lowest BCUT2D eigenvalue weighted by atomic mass is 10.1. The van der Waals surface area contributed by atoms with Crippen molar-refractivity contribution in [3.8, 4) is 5.82 Å². The fourth-order valence-corrected chi connectivity index (χ4v) is 3.50. The average molecular weight is 333 g/mol. The van der Waals surface area contributed by atoms with Crippen LogP contribution in [0, 0.1) is 0 Å². The van der Waals surface area contributed by atoms with Crippen molar-refractivity contribution in [3.05, 3.63) is 36.5 Å². The zero-order chi connectivity index (χ0) is 16.2. The summed E-state index contributed by atoms with van der Waals surface area (Å²) in [7, 11) is 0. The van der Waals surface area contributed by atoms with Crippen molar-refractivity contribution in [2.24, 2.45) is 0 Å².